The van der Waals surface area contributed by atoms with E-state index in [1.54, 1.807) is 0 Å². The number of halogens is 1. The van der Waals surface area contributed by atoms with Gasteiger partial charge in [0.05, 0.1) is 5.41 Å². The van der Waals surface area contributed by atoms with Gasteiger partial charge >= 0.3 is 0 Å². The molecule has 0 aromatic heterocycles. The van der Waals surface area contributed by atoms with E-state index in [1.165, 1.54) is 0 Å². The van der Waals surface area contributed by atoms with Crippen LogP contribution in [0.4, 0.5) is 0 Å². The van der Waals surface area contributed by atoms with Gasteiger partial charge in [-0.2, -0.15) is 0 Å². The van der Waals surface area contributed by atoms with Gasteiger partial charge in [-0.3, -0.25) is 0 Å². The van der Waals surface area contributed by atoms with Gasteiger partial charge in [0.2, 0.25) is 0 Å². The summed E-state index contributed by atoms with van der Waals surface area (Å²) in [4.78, 5) is 11.2. The summed E-state index contributed by atoms with van der Waals surface area (Å²) in [5.74, 6) is 0. The highest BCUT2D eigenvalue weighted by Gasteiger charge is 2.27. The molecule has 0 amide bonds. The van der Waals surface area contributed by atoms with Crippen LogP contribution in [0.1, 0.15) is 32.3 Å². The van der Waals surface area contributed by atoms with Gasteiger partial charge in [0.15, 0.2) is 0 Å². The Morgan fingerprint density at radius 2 is 1.71 bits per heavy atom. The average molecular weight is 255 g/mol. The molecule has 0 saturated heterocycles. The van der Waals surface area contributed by atoms with Crippen molar-refractivity contribution in [1.29, 1.82) is 0 Å². The summed E-state index contributed by atoms with van der Waals surface area (Å²) in [5.41, 5.74) is 0.821. The highest BCUT2D eigenvalue weighted by atomic mass is 79.9. The lowest BCUT2D eigenvalue weighted by Gasteiger charge is -2.25. The van der Waals surface area contributed by atoms with Crippen molar-refractivity contribution in [2.45, 2.75) is 32.1 Å². The molecule has 0 saturated carbocycles. The van der Waals surface area contributed by atoms with Crippen molar-refractivity contribution < 1.29 is 4.79 Å². The SMILES string of the molecule is CCC(C=O)(CC)c1ccc(Br)cc1. The smallest absolute Gasteiger partial charge is 0.130 e. The molecule has 1 aromatic rings. The lowest BCUT2D eigenvalue weighted by atomic mass is 9.77. The molecule has 1 aromatic carbocycles. The zero-order valence-electron chi connectivity index (χ0n) is 8.59. The molecule has 1 rings (SSSR count). The molecular formula is C12H15BrO. The second-order valence-electron chi connectivity index (χ2n) is 3.49. The van der Waals surface area contributed by atoms with Crippen molar-refractivity contribution in [3.63, 3.8) is 0 Å². The minimum absolute atomic E-state index is 0.291. The molecule has 0 spiro atoms. The van der Waals surface area contributed by atoms with Crippen LogP contribution >= 0.6 is 15.9 Å². The topological polar surface area (TPSA) is 17.1 Å². The predicted octanol–water partition coefficient (Wildman–Crippen LogP) is 3.71. The van der Waals surface area contributed by atoms with Crippen LogP contribution in [0.2, 0.25) is 0 Å². The third-order valence-corrected chi connectivity index (χ3v) is 3.44. The van der Waals surface area contributed by atoms with Gasteiger partial charge in [-0.25, -0.2) is 0 Å². The van der Waals surface area contributed by atoms with E-state index in [9.17, 15) is 4.79 Å². The molecule has 0 unspecified atom stereocenters. The highest BCUT2D eigenvalue weighted by molar-refractivity contribution is 9.10. The van der Waals surface area contributed by atoms with Gasteiger partial charge in [0.1, 0.15) is 6.29 Å². The fraction of sp³-hybridized carbons (Fsp3) is 0.417. The number of hydrogen-bond acceptors (Lipinski definition) is 1. The first-order valence-corrected chi connectivity index (χ1v) is 5.70. The van der Waals surface area contributed by atoms with Crippen LogP contribution < -0.4 is 0 Å². The third kappa shape index (κ3) is 2.06. The summed E-state index contributed by atoms with van der Waals surface area (Å²) in [6, 6.07) is 8.01. The maximum absolute atomic E-state index is 11.2. The third-order valence-electron chi connectivity index (χ3n) is 2.91. The summed E-state index contributed by atoms with van der Waals surface area (Å²) < 4.78 is 1.05. The standard InChI is InChI=1S/C12H15BrO/c1-3-12(4-2,9-14)10-5-7-11(13)8-6-10/h5-9H,3-4H2,1-2H3. The molecule has 1 nitrogen and oxygen atoms in total. The molecule has 76 valence electrons. The van der Waals surface area contributed by atoms with Gasteiger partial charge in [0, 0.05) is 4.47 Å². The summed E-state index contributed by atoms with van der Waals surface area (Å²) in [7, 11) is 0. The minimum Gasteiger partial charge on any atom is -0.302 e. The molecule has 0 aliphatic heterocycles. The Balaban J connectivity index is 3.11. The Kier molecular flexibility index (Phi) is 3.87. The van der Waals surface area contributed by atoms with Gasteiger partial charge < -0.3 is 4.79 Å². The number of benzene rings is 1. The molecular weight excluding hydrogens is 240 g/mol. The maximum Gasteiger partial charge on any atom is 0.130 e. The fourth-order valence-electron chi connectivity index (χ4n) is 1.67. The molecule has 14 heavy (non-hydrogen) atoms. The zero-order valence-corrected chi connectivity index (χ0v) is 10.2. The first-order chi connectivity index (χ1) is 6.68. The van der Waals surface area contributed by atoms with E-state index in [0.717, 1.165) is 29.2 Å². The van der Waals surface area contributed by atoms with Crippen LogP contribution in [0.5, 0.6) is 0 Å². The van der Waals surface area contributed by atoms with E-state index in [2.05, 4.69) is 29.8 Å². The van der Waals surface area contributed by atoms with E-state index >= 15 is 0 Å². The van der Waals surface area contributed by atoms with E-state index in [-0.39, 0.29) is 5.41 Å². The van der Waals surface area contributed by atoms with Crippen LogP contribution in [-0.2, 0) is 10.2 Å². The molecule has 0 heterocycles. The van der Waals surface area contributed by atoms with Gasteiger partial charge in [-0.15, -0.1) is 0 Å². The Morgan fingerprint density at radius 3 is 2.07 bits per heavy atom. The summed E-state index contributed by atoms with van der Waals surface area (Å²) >= 11 is 3.39. The quantitative estimate of drug-likeness (QED) is 0.749. The van der Waals surface area contributed by atoms with Crippen LogP contribution in [0.15, 0.2) is 28.7 Å². The van der Waals surface area contributed by atoms with Crippen LogP contribution in [0.25, 0.3) is 0 Å². The fourth-order valence-corrected chi connectivity index (χ4v) is 1.94. The zero-order chi connectivity index (χ0) is 10.6. The normalized spacial score (nSPS) is 11.4. The monoisotopic (exact) mass is 254 g/mol. The lowest BCUT2D eigenvalue weighted by molar-refractivity contribution is -0.112. The van der Waals surface area contributed by atoms with E-state index in [4.69, 9.17) is 0 Å². The van der Waals surface area contributed by atoms with E-state index in [0.29, 0.717) is 0 Å². The molecule has 0 radical (unpaired) electrons. The summed E-state index contributed by atoms with van der Waals surface area (Å²) in [6.07, 6.45) is 2.79. The highest BCUT2D eigenvalue weighted by Crippen LogP contribution is 2.30. The largest absolute Gasteiger partial charge is 0.302 e. The van der Waals surface area contributed by atoms with Crippen molar-refractivity contribution in [2.75, 3.05) is 0 Å². The number of carbonyl (C=O) groups excluding carboxylic acids is 1. The molecule has 0 bridgehead atoms. The summed E-state index contributed by atoms with van der Waals surface area (Å²) in [6.45, 7) is 4.11. The van der Waals surface area contributed by atoms with E-state index in [1.807, 2.05) is 24.3 Å². The number of rotatable bonds is 4. The number of carbonyl (C=O) groups is 1. The Hall–Kier alpha value is -0.630. The van der Waals surface area contributed by atoms with Crippen molar-refractivity contribution >= 4 is 22.2 Å². The minimum atomic E-state index is -0.291. The Labute approximate surface area is 93.7 Å². The Morgan fingerprint density at radius 1 is 1.21 bits per heavy atom. The van der Waals surface area contributed by atoms with Gasteiger partial charge in [-0.05, 0) is 30.5 Å². The molecule has 2 heteroatoms. The van der Waals surface area contributed by atoms with Crippen molar-refractivity contribution in [3.05, 3.63) is 34.3 Å². The van der Waals surface area contributed by atoms with E-state index < -0.39 is 0 Å². The average Bonchev–Trinajstić information content (AvgIpc) is 2.24. The van der Waals surface area contributed by atoms with Crippen LogP contribution in [0.3, 0.4) is 0 Å². The van der Waals surface area contributed by atoms with Gasteiger partial charge in [0.25, 0.3) is 0 Å². The summed E-state index contributed by atoms with van der Waals surface area (Å²) in [5, 5.41) is 0. The number of hydrogen-bond donors (Lipinski definition) is 0. The van der Waals surface area contributed by atoms with Crippen LogP contribution in [-0.4, -0.2) is 6.29 Å². The molecule has 0 fully saturated rings. The predicted molar refractivity (Wildman–Crippen MR) is 62.5 cm³/mol. The molecule has 0 aliphatic rings. The first-order valence-electron chi connectivity index (χ1n) is 4.91. The van der Waals surface area contributed by atoms with Crippen molar-refractivity contribution in [1.82, 2.24) is 0 Å². The Bertz CT molecular complexity index is 299. The van der Waals surface area contributed by atoms with Crippen molar-refractivity contribution in [3.8, 4) is 0 Å². The molecule has 0 N–H and O–H groups in total. The maximum atomic E-state index is 11.2. The molecule has 0 aliphatic carbocycles. The number of aldehydes is 1. The second-order valence-corrected chi connectivity index (χ2v) is 4.40. The lowest BCUT2D eigenvalue weighted by Crippen LogP contribution is -2.25. The first kappa shape index (κ1) is 11.4. The molecule has 0 atom stereocenters. The second kappa shape index (κ2) is 4.74. The van der Waals surface area contributed by atoms with Crippen LogP contribution in [0, 0.1) is 0 Å². The van der Waals surface area contributed by atoms with Gasteiger partial charge in [-0.1, -0.05) is 41.9 Å². The van der Waals surface area contributed by atoms with Crippen molar-refractivity contribution in [2.24, 2.45) is 0 Å².